The number of anilines is 1. The number of benzene rings is 2. The standard InChI is InChI=1S/C26H22N4O/c1-2-4-22-19(3-1)14-28-16-23(22)24-17-31-25-13-20(15-29-26(24)25)18-5-7-21(8-6-18)30-11-9-27-10-12-30/h1-8,13-17,27H,9-12H2. The molecule has 1 N–H and O–H groups in total. The average Bonchev–Trinajstić information content (AvgIpc) is 3.27. The number of rotatable bonds is 3. The minimum Gasteiger partial charge on any atom is -0.462 e. The van der Waals surface area contributed by atoms with Crippen molar-refractivity contribution in [1.29, 1.82) is 0 Å². The number of fused-ring (bicyclic) bond motifs is 2. The maximum Gasteiger partial charge on any atom is 0.153 e. The number of pyridine rings is 2. The largest absolute Gasteiger partial charge is 0.462 e. The molecule has 0 radical (unpaired) electrons. The van der Waals surface area contributed by atoms with Gasteiger partial charge >= 0.3 is 0 Å². The van der Waals surface area contributed by atoms with Crippen molar-refractivity contribution in [2.24, 2.45) is 0 Å². The molecule has 1 aliphatic rings. The lowest BCUT2D eigenvalue weighted by atomic mass is 10.0. The fraction of sp³-hybridized carbons (Fsp3) is 0.154. The van der Waals surface area contributed by atoms with Gasteiger partial charge in [-0.3, -0.25) is 9.97 Å². The van der Waals surface area contributed by atoms with Crippen LogP contribution in [0, 0.1) is 0 Å². The number of nitrogens with one attached hydrogen (secondary N) is 1. The van der Waals surface area contributed by atoms with Crippen molar-refractivity contribution in [3.8, 4) is 22.3 Å². The summed E-state index contributed by atoms with van der Waals surface area (Å²) >= 11 is 0. The summed E-state index contributed by atoms with van der Waals surface area (Å²) in [6, 6.07) is 19.0. The minimum atomic E-state index is 0.784. The Labute approximate surface area is 180 Å². The van der Waals surface area contributed by atoms with Gasteiger partial charge < -0.3 is 14.6 Å². The summed E-state index contributed by atoms with van der Waals surface area (Å²) in [5, 5.41) is 5.65. The van der Waals surface area contributed by atoms with Crippen molar-refractivity contribution in [3.63, 3.8) is 0 Å². The van der Waals surface area contributed by atoms with Crippen LogP contribution in [-0.2, 0) is 0 Å². The fourth-order valence-corrected chi connectivity index (χ4v) is 4.38. The van der Waals surface area contributed by atoms with E-state index in [1.807, 2.05) is 30.7 Å². The topological polar surface area (TPSA) is 54.2 Å². The lowest BCUT2D eigenvalue weighted by Gasteiger charge is -2.29. The van der Waals surface area contributed by atoms with Gasteiger partial charge in [0.15, 0.2) is 5.58 Å². The zero-order valence-corrected chi connectivity index (χ0v) is 17.1. The van der Waals surface area contributed by atoms with E-state index in [1.54, 1.807) is 6.26 Å². The first-order valence-corrected chi connectivity index (χ1v) is 10.6. The Balaban J connectivity index is 1.36. The molecule has 0 amide bonds. The molecule has 3 aromatic heterocycles. The summed E-state index contributed by atoms with van der Waals surface area (Å²) in [7, 11) is 0. The summed E-state index contributed by atoms with van der Waals surface area (Å²) in [6.45, 7) is 4.17. The molecular weight excluding hydrogens is 384 g/mol. The van der Waals surface area contributed by atoms with Gasteiger partial charge in [0.05, 0.1) is 0 Å². The van der Waals surface area contributed by atoms with E-state index < -0.39 is 0 Å². The zero-order valence-electron chi connectivity index (χ0n) is 17.1. The van der Waals surface area contributed by atoms with Crippen molar-refractivity contribution in [2.45, 2.75) is 0 Å². The Morgan fingerprint density at radius 1 is 0.839 bits per heavy atom. The quantitative estimate of drug-likeness (QED) is 0.451. The van der Waals surface area contributed by atoms with Crippen LogP contribution < -0.4 is 10.2 Å². The van der Waals surface area contributed by atoms with Crippen LogP contribution in [0.5, 0.6) is 0 Å². The van der Waals surface area contributed by atoms with Crippen molar-refractivity contribution < 1.29 is 4.42 Å². The first-order valence-electron chi connectivity index (χ1n) is 10.6. The molecule has 5 aromatic rings. The highest BCUT2D eigenvalue weighted by molar-refractivity contribution is 6.02. The molecule has 1 aliphatic heterocycles. The van der Waals surface area contributed by atoms with Crippen LogP contribution in [0.4, 0.5) is 5.69 Å². The third kappa shape index (κ3) is 3.23. The number of aromatic nitrogens is 2. The van der Waals surface area contributed by atoms with Crippen molar-refractivity contribution in [3.05, 3.63) is 79.5 Å². The molecule has 1 saturated heterocycles. The molecule has 4 heterocycles. The predicted octanol–water partition coefficient (Wildman–Crippen LogP) is 5.12. The zero-order chi connectivity index (χ0) is 20.6. The highest BCUT2D eigenvalue weighted by Crippen LogP contribution is 2.35. The van der Waals surface area contributed by atoms with Gasteiger partial charge in [0.1, 0.15) is 11.8 Å². The van der Waals surface area contributed by atoms with Crippen LogP contribution in [0.25, 0.3) is 44.1 Å². The van der Waals surface area contributed by atoms with Gasteiger partial charge in [-0.1, -0.05) is 36.4 Å². The smallest absolute Gasteiger partial charge is 0.153 e. The van der Waals surface area contributed by atoms with Gasteiger partial charge in [-0.15, -0.1) is 0 Å². The molecule has 5 nitrogen and oxygen atoms in total. The highest BCUT2D eigenvalue weighted by atomic mass is 16.3. The number of piperazine rings is 1. The third-order valence-corrected chi connectivity index (χ3v) is 6.05. The van der Waals surface area contributed by atoms with E-state index in [4.69, 9.17) is 9.40 Å². The van der Waals surface area contributed by atoms with Crippen molar-refractivity contribution >= 4 is 27.6 Å². The Morgan fingerprint density at radius 3 is 2.55 bits per heavy atom. The van der Waals surface area contributed by atoms with Gasteiger partial charge in [-0.25, -0.2) is 0 Å². The second-order valence-electron chi connectivity index (χ2n) is 7.91. The molecule has 5 heteroatoms. The first-order chi connectivity index (χ1) is 15.4. The van der Waals surface area contributed by atoms with E-state index in [1.165, 1.54) is 5.69 Å². The van der Waals surface area contributed by atoms with Crippen LogP contribution >= 0.6 is 0 Å². The Bertz CT molecular complexity index is 1360. The van der Waals surface area contributed by atoms with Crippen LogP contribution in [-0.4, -0.2) is 36.1 Å². The molecule has 0 unspecified atom stereocenters. The van der Waals surface area contributed by atoms with E-state index in [2.05, 4.69) is 57.7 Å². The van der Waals surface area contributed by atoms with E-state index in [9.17, 15) is 0 Å². The average molecular weight is 406 g/mol. The second kappa shape index (κ2) is 7.52. The summed E-state index contributed by atoms with van der Waals surface area (Å²) in [5.41, 5.74) is 7.11. The molecule has 0 saturated carbocycles. The van der Waals surface area contributed by atoms with Crippen molar-refractivity contribution in [1.82, 2.24) is 15.3 Å². The normalized spacial score (nSPS) is 14.4. The lowest BCUT2D eigenvalue weighted by Crippen LogP contribution is -2.43. The number of furan rings is 1. The Hall–Kier alpha value is -3.70. The SMILES string of the molecule is c1ccc2c(-c3coc4cc(-c5ccc(N6CCNCC6)cc5)cnc34)cncc2c1. The maximum absolute atomic E-state index is 5.93. The fourth-order valence-electron chi connectivity index (χ4n) is 4.38. The van der Waals surface area contributed by atoms with Crippen LogP contribution in [0.3, 0.4) is 0 Å². The molecule has 0 spiro atoms. The summed E-state index contributed by atoms with van der Waals surface area (Å²) in [4.78, 5) is 11.6. The summed E-state index contributed by atoms with van der Waals surface area (Å²) in [6.07, 6.45) is 7.49. The molecular formula is C26H22N4O. The van der Waals surface area contributed by atoms with Crippen LogP contribution in [0.15, 0.2) is 83.9 Å². The number of hydrogen-bond donors (Lipinski definition) is 1. The molecule has 0 atom stereocenters. The van der Waals surface area contributed by atoms with Gasteiger partial charge in [-0.05, 0) is 29.1 Å². The lowest BCUT2D eigenvalue weighted by molar-refractivity contribution is 0.589. The monoisotopic (exact) mass is 406 g/mol. The van der Waals surface area contributed by atoms with Gasteiger partial charge in [0.25, 0.3) is 0 Å². The van der Waals surface area contributed by atoms with E-state index >= 15 is 0 Å². The third-order valence-electron chi connectivity index (χ3n) is 6.05. The first kappa shape index (κ1) is 18.1. The highest BCUT2D eigenvalue weighted by Gasteiger charge is 2.14. The molecule has 0 aliphatic carbocycles. The van der Waals surface area contributed by atoms with Gasteiger partial charge in [-0.2, -0.15) is 0 Å². The number of nitrogens with zero attached hydrogens (tertiary/aromatic N) is 3. The molecule has 0 bridgehead atoms. The minimum absolute atomic E-state index is 0.784. The van der Waals surface area contributed by atoms with E-state index in [-0.39, 0.29) is 0 Å². The van der Waals surface area contributed by atoms with E-state index in [0.717, 1.165) is 70.3 Å². The molecule has 2 aromatic carbocycles. The molecule has 31 heavy (non-hydrogen) atoms. The molecule has 6 rings (SSSR count). The Kier molecular flexibility index (Phi) is 4.39. The second-order valence-corrected chi connectivity index (χ2v) is 7.91. The van der Waals surface area contributed by atoms with Crippen molar-refractivity contribution in [2.75, 3.05) is 31.1 Å². The number of hydrogen-bond acceptors (Lipinski definition) is 5. The predicted molar refractivity (Wildman–Crippen MR) is 125 cm³/mol. The van der Waals surface area contributed by atoms with Crippen LogP contribution in [0.1, 0.15) is 0 Å². The summed E-state index contributed by atoms with van der Waals surface area (Å²) in [5.74, 6) is 0. The Morgan fingerprint density at radius 2 is 1.68 bits per heavy atom. The van der Waals surface area contributed by atoms with E-state index in [0.29, 0.717) is 0 Å². The van der Waals surface area contributed by atoms with Crippen LogP contribution in [0.2, 0.25) is 0 Å². The molecule has 1 fully saturated rings. The maximum atomic E-state index is 5.93. The van der Waals surface area contributed by atoms with Gasteiger partial charge in [0.2, 0.25) is 0 Å². The molecule has 152 valence electrons. The van der Waals surface area contributed by atoms with Gasteiger partial charge in [0, 0.05) is 72.5 Å². The summed E-state index contributed by atoms with van der Waals surface area (Å²) < 4.78 is 5.93.